The molecule has 1 atom stereocenters. The van der Waals surface area contributed by atoms with Crippen LogP contribution < -0.4 is 5.73 Å². The lowest BCUT2D eigenvalue weighted by molar-refractivity contribution is -0.145. The summed E-state index contributed by atoms with van der Waals surface area (Å²) in [6, 6.07) is 7.84. The van der Waals surface area contributed by atoms with Crippen molar-refractivity contribution in [3.8, 4) is 0 Å². The van der Waals surface area contributed by atoms with Gasteiger partial charge in [0, 0.05) is 13.1 Å². The third-order valence-corrected chi connectivity index (χ3v) is 3.35. The van der Waals surface area contributed by atoms with Crippen molar-refractivity contribution in [2.45, 2.75) is 33.7 Å². The van der Waals surface area contributed by atoms with Gasteiger partial charge in [-0.15, -0.1) is 0 Å². The van der Waals surface area contributed by atoms with Crippen LogP contribution in [-0.4, -0.2) is 23.3 Å². The van der Waals surface area contributed by atoms with Crippen LogP contribution in [0.4, 0.5) is 0 Å². The van der Waals surface area contributed by atoms with Gasteiger partial charge in [-0.3, -0.25) is 9.59 Å². The summed E-state index contributed by atoms with van der Waals surface area (Å²) in [4.78, 5) is 24.5. The van der Waals surface area contributed by atoms with E-state index in [-0.39, 0.29) is 0 Å². The van der Waals surface area contributed by atoms with Crippen LogP contribution in [0.3, 0.4) is 0 Å². The van der Waals surface area contributed by atoms with Crippen molar-refractivity contribution >= 4 is 11.8 Å². The Morgan fingerprint density at radius 3 is 2.47 bits per heavy atom. The van der Waals surface area contributed by atoms with Gasteiger partial charge in [-0.05, 0) is 24.0 Å². The molecule has 4 nitrogen and oxygen atoms in total. The molecule has 104 valence electrons. The average Bonchev–Trinajstić information content (AvgIpc) is 2.39. The van der Waals surface area contributed by atoms with E-state index in [9.17, 15) is 9.59 Å². The van der Waals surface area contributed by atoms with Crippen molar-refractivity contribution in [3.05, 3.63) is 35.4 Å². The molecule has 0 aliphatic rings. The van der Waals surface area contributed by atoms with Crippen molar-refractivity contribution < 1.29 is 9.59 Å². The highest BCUT2D eigenvalue weighted by molar-refractivity contribution is 6.34. The monoisotopic (exact) mass is 262 g/mol. The quantitative estimate of drug-likeness (QED) is 0.823. The Balaban J connectivity index is 2.88. The first kappa shape index (κ1) is 15.2. The number of hydrogen-bond donors (Lipinski definition) is 1. The Labute approximate surface area is 114 Å². The van der Waals surface area contributed by atoms with E-state index in [2.05, 4.69) is 13.8 Å². The highest BCUT2D eigenvalue weighted by Crippen LogP contribution is 2.13. The highest BCUT2D eigenvalue weighted by atomic mass is 16.2. The number of amides is 2. The standard InChI is InChI=1S/C15H22N2O2/c1-4-11(2)9-17(15(19)14(16)18)10-13-8-6-5-7-12(13)3/h5-8,11H,4,9-10H2,1-3H3,(H2,16,18)/t11-/m1/s1. The van der Waals surface area contributed by atoms with Gasteiger partial charge < -0.3 is 10.6 Å². The molecule has 0 spiro atoms. The smallest absolute Gasteiger partial charge is 0.311 e. The minimum absolute atomic E-state index is 0.340. The largest absolute Gasteiger partial charge is 0.361 e. The Morgan fingerprint density at radius 1 is 1.32 bits per heavy atom. The maximum atomic E-state index is 11.9. The first-order chi connectivity index (χ1) is 8.95. The van der Waals surface area contributed by atoms with Gasteiger partial charge in [0.2, 0.25) is 0 Å². The maximum Gasteiger partial charge on any atom is 0.311 e. The summed E-state index contributed by atoms with van der Waals surface area (Å²) in [5, 5.41) is 0. The molecule has 0 saturated heterocycles. The van der Waals surface area contributed by atoms with E-state index in [1.807, 2.05) is 31.2 Å². The number of hydrogen-bond acceptors (Lipinski definition) is 2. The second-order valence-electron chi connectivity index (χ2n) is 4.99. The molecule has 0 saturated carbocycles. The zero-order valence-electron chi connectivity index (χ0n) is 11.8. The number of rotatable bonds is 5. The fourth-order valence-electron chi connectivity index (χ4n) is 1.87. The third-order valence-electron chi connectivity index (χ3n) is 3.35. The lowest BCUT2D eigenvalue weighted by atomic mass is 10.1. The molecule has 0 radical (unpaired) electrons. The average molecular weight is 262 g/mol. The topological polar surface area (TPSA) is 63.4 Å². The lowest BCUT2D eigenvalue weighted by Gasteiger charge is -2.25. The minimum Gasteiger partial charge on any atom is -0.361 e. The van der Waals surface area contributed by atoms with Crippen LogP contribution >= 0.6 is 0 Å². The molecule has 1 aromatic carbocycles. The molecule has 0 aromatic heterocycles. The van der Waals surface area contributed by atoms with Crippen LogP contribution in [0.1, 0.15) is 31.4 Å². The van der Waals surface area contributed by atoms with E-state index in [0.29, 0.717) is 19.0 Å². The number of primary amides is 1. The summed E-state index contributed by atoms with van der Waals surface area (Å²) in [5.41, 5.74) is 7.26. The van der Waals surface area contributed by atoms with Crippen LogP contribution in [-0.2, 0) is 16.1 Å². The summed E-state index contributed by atoms with van der Waals surface area (Å²) in [5.74, 6) is -1.16. The van der Waals surface area contributed by atoms with Gasteiger partial charge in [-0.1, -0.05) is 44.5 Å². The number of nitrogens with two attached hydrogens (primary N) is 1. The van der Waals surface area contributed by atoms with E-state index >= 15 is 0 Å². The molecule has 0 unspecified atom stereocenters. The van der Waals surface area contributed by atoms with Gasteiger partial charge in [-0.25, -0.2) is 0 Å². The molecule has 0 fully saturated rings. The zero-order chi connectivity index (χ0) is 14.4. The van der Waals surface area contributed by atoms with E-state index in [0.717, 1.165) is 17.5 Å². The summed E-state index contributed by atoms with van der Waals surface area (Å²) in [7, 11) is 0. The molecule has 19 heavy (non-hydrogen) atoms. The van der Waals surface area contributed by atoms with Crippen molar-refractivity contribution in [1.29, 1.82) is 0 Å². The molecule has 1 aromatic rings. The molecular weight excluding hydrogens is 240 g/mol. The molecule has 4 heteroatoms. The third kappa shape index (κ3) is 4.39. The number of carbonyl (C=O) groups excluding carboxylic acids is 2. The van der Waals surface area contributed by atoms with E-state index in [1.54, 1.807) is 4.90 Å². The molecule has 0 aliphatic carbocycles. The number of nitrogens with zero attached hydrogens (tertiary/aromatic N) is 1. The highest BCUT2D eigenvalue weighted by Gasteiger charge is 2.21. The van der Waals surface area contributed by atoms with Crippen molar-refractivity contribution in [1.82, 2.24) is 4.90 Å². The summed E-state index contributed by atoms with van der Waals surface area (Å²) >= 11 is 0. The second-order valence-corrected chi connectivity index (χ2v) is 4.99. The molecule has 2 amide bonds. The van der Waals surface area contributed by atoms with Gasteiger partial charge in [0.25, 0.3) is 0 Å². The summed E-state index contributed by atoms with van der Waals surface area (Å²) < 4.78 is 0. The lowest BCUT2D eigenvalue weighted by Crippen LogP contribution is -2.42. The Morgan fingerprint density at radius 2 is 1.95 bits per heavy atom. The summed E-state index contributed by atoms with van der Waals surface area (Å²) in [6.07, 6.45) is 0.955. The number of aryl methyl sites for hydroxylation is 1. The SMILES string of the molecule is CC[C@@H](C)CN(Cc1ccccc1C)C(=O)C(N)=O. The van der Waals surface area contributed by atoms with Gasteiger partial charge in [0.15, 0.2) is 0 Å². The molecule has 0 aliphatic heterocycles. The van der Waals surface area contributed by atoms with Gasteiger partial charge in [0.1, 0.15) is 0 Å². The first-order valence-corrected chi connectivity index (χ1v) is 6.58. The zero-order valence-corrected chi connectivity index (χ0v) is 11.8. The fourth-order valence-corrected chi connectivity index (χ4v) is 1.87. The predicted octanol–water partition coefficient (Wildman–Crippen LogP) is 1.86. The van der Waals surface area contributed by atoms with Crippen LogP contribution in [0.25, 0.3) is 0 Å². The van der Waals surface area contributed by atoms with Crippen LogP contribution in [0.5, 0.6) is 0 Å². The van der Waals surface area contributed by atoms with Gasteiger partial charge >= 0.3 is 11.8 Å². The minimum atomic E-state index is -0.892. The molecule has 0 bridgehead atoms. The van der Waals surface area contributed by atoms with Crippen LogP contribution in [0, 0.1) is 12.8 Å². The maximum absolute atomic E-state index is 11.9. The Bertz CT molecular complexity index is 457. The molecule has 2 N–H and O–H groups in total. The van der Waals surface area contributed by atoms with E-state index < -0.39 is 11.8 Å². The fraction of sp³-hybridized carbons (Fsp3) is 0.467. The van der Waals surface area contributed by atoms with Crippen molar-refractivity contribution in [2.24, 2.45) is 11.7 Å². The Hall–Kier alpha value is -1.84. The molecule has 1 rings (SSSR count). The van der Waals surface area contributed by atoms with Crippen LogP contribution in [0.2, 0.25) is 0 Å². The number of carbonyl (C=O) groups is 2. The van der Waals surface area contributed by atoms with E-state index in [4.69, 9.17) is 5.73 Å². The predicted molar refractivity (Wildman–Crippen MR) is 75.2 cm³/mol. The summed E-state index contributed by atoms with van der Waals surface area (Å²) in [6.45, 7) is 7.08. The van der Waals surface area contributed by atoms with Crippen molar-refractivity contribution in [2.75, 3.05) is 6.54 Å². The molecular formula is C15H22N2O2. The van der Waals surface area contributed by atoms with E-state index in [1.165, 1.54) is 0 Å². The van der Waals surface area contributed by atoms with Gasteiger partial charge in [-0.2, -0.15) is 0 Å². The van der Waals surface area contributed by atoms with Crippen molar-refractivity contribution in [3.63, 3.8) is 0 Å². The second kappa shape index (κ2) is 6.92. The Kier molecular flexibility index (Phi) is 5.55. The first-order valence-electron chi connectivity index (χ1n) is 6.58. The van der Waals surface area contributed by atoms with Crippen LogP contribution in [0.15, 0.2) is 24.3 Å². The van der Waals surface area contributed by atoms with Gasteiger partial charge in [0.05, 0.1) is 0 Å². The molecule has 0 heterocycles. The number of benzene rings is 1. The normalized spacial score (nSPS) is 11.9.